The first-order valence-corrected chi connectivity index (χ1v) is 14.9. The third-order valence-corrected chi connectivity index (χ3v) is 12.4. The van der Waals surface area contributed by atoms with Gasteiger partial charge in [0.2, 0.25) is 0 Å². The van der Waals surface area contributed by atoms with E-state index in [1.165, 1.54) is 44.9 Å². The number of rotatable bonds is 8. The normalized spacial score (nSPS) is 51.0. The highest BCUT2D eigenvalue weighted by atomic mass is 16.7. The molecule has 9 atom stereocenters. The van der Waals surface area contributed by atoms with Gasteiger partial charge < -0.3 is 14.2 Å². The van der Waals surface area contributed by atoms with Crippen LogP contribution in [0, 0.1) is 76.9 Å². The van der Waals surface area contributed by atoms with Gasteiger partial charge in [-0.3, -0.25) is 9.59 Å². The molecule has 9 unspecified atom stereocenters. The third kappa shape index (κ3) is 3.72. The SMILES string of the molecule is CCC(C)C(=O)OC1CC2CC1C1C3CC(CC3C(=O)OCOCC3C4CC5CC(C4)CC3C5)C21. The second-order valence-corrected chi connectivity index (χ2v) is 13.9. The molecule has 0 aromatic heterocycles. The second-order valence-electron chi connectivity index (χ2n) is 13.9. The summed E-state index contributed by atoms with van der Waals surface area (Å²) in [4.78, 5) is 25.6. The predicted molar refractivity (Wildman–Crippen MR) is 130 cm³/mol. The van der Waals surface area contributed by atoms with Crippen LogP contribution in [0.15, 0.2) is 0 Å². The molecule has 0 spiro atoms. The summed E-state index contributed by atoms with van der Waals surface area (Å²) in [6.45, 7) is 4.91. The summed E-state index contributed by atoms with van der Waals surface area (Å²) in [7, 11) is 0. The Hall–Kier alpha value is -1.10. The Morgan fingerprint density at radius 3 is 2.20 bits per heavy atom. The van der Waals surface area contributed by atoms with E-state index in [-0.39, 0.29) is 36.7 Å². The van der Waals surface area contributed by atoms with Crippen molar-refractivity contribution in [3.05, 3.63) is 0 Å². The molecule has 0 amide bonds. The molecule has 8 fully saturated rings. The van der Waals surface area contributed by atoms with Gasteiger partial charge in [0.15, 0.2) is 6.79 Å². The summed E-state index contributed by atoms with van der Waals surface area (Å²) in [5, 5.41) is 0. The quantitative estimate of drug-likeness (QED) is 0.198. The summed E-state index contributed by atoms with van der Waals surface area (Å²) < 4.78 is 17.8. The van der Waals surface area contributed by atoms with Crippen LogP contribution >= 0.6 is 0 Å². The van der Waals surface area contributed by atoms with Crippen molar-refractivity contribution >= 4 is 11.9 Å². The number of hydrogen-bond donors (Lipinski definition) is 0. The molecule has 8 aliphatic rings. The average Bonchev–Trinajstić information content (AvgIpc) is 3.61. The maximum absolute atomic E-state index is 13.1. The minimum atomic E-state index is -0.0306. The van der Waals surface area contributed by atoms with Crippen molar-refractivity contribution in [2.24, 2.45) is 76.9 Å². The van der Waals surface area contributed by atoms with Gasteiger partial charge in [0, 0.05) is 0 Å². The molecule has 8 saturated carbocycles. The fourth-order valence-electron chi connectivity index (χ4n) is 11.1. The van der Waals surface area contributed by atoms with Crippen LogP contribution in [-0.2, 0) is 23.8 Å². The molecule has 8 bridgehead atoms. The number of hydrogen-bond acceptors (Lipinski definition) is 5. The summed E-state index contributed by atoms with van der Waals surface area (Å²) in [6, 6.07) is 0. The first-order valence-electron chi connectivity index (χ1n) is 14.9. The zero-order chi connectivity index (χ0) is 23.8. The number of esters is 2. The van der Waals surface area contributed by atoms with Gasteiger partial charge >= 0.3 is 11.9 Å². The van der Waals surface area contributed by atoms with E-state index < -0.39 is 0 Å². The molecule has 0 aromatic rings. The summed E-state index contributed by atoms with van der Waals surface area (Å²) >= 11 is 0. The largest absolute Gasteiger partial charge is 0.462 e. The number of fused-ring (bicyclic) bond motifs is 9. The van der Waals surface area contributed by atoms with E-state index in [0.29, 0.717) is 35.5 Å². The van der Waals surface area contributed by atoms with Gasteiger partial charge in [-0.2, -0.15) is 0 Å². The highest BCUT2D eigenvalue weighted by Gasteiger charge is 2.66. The average molecular weight is 485 g/mol. The van der Waals surface area contributed by atoms with Crippen LogP contribution in [0.1, 0.15) is 78.1 Å². The lowest BCUT2D eigenvalue weighted by atomic mass is 9.52. The van der Waals surface area contributed by atoms with Crippen LogP contribution in [0.2, 0.25) is 0 Å². The van der Waals surface area contributed by atoms with Crippen molar-refractivity contribution in [2.75, 3.05) is 13.4 Å². The van der Waals surface area contributed by atoms with Crippen LogP contribution in [0.5, 0.6) is 0 Å². The molecule has 35 heavy (non-hydrogen) atoms. The zero-order valence-corrected chi connectivity index (χ0v) is 21.6. The topological polar surface area (TPSA) is 61.8 Å². The standard InChI is InChI=1S/C30H44O5/c1-3-15(2)29(31)35-26-12-21-11-24(26)28-22-9-20(27(21)28)10-23(22)30(32)34-14-33-13-25-18-5-16-4-17(7-18)8-19(25)6-16/h15-28H,3-14H2,1-2H3. The highest BCUT2D eigenvalue weighted by molar-refractivity contribution is 5.74. The highest BCUT2D eigenvalue weighted by Crippen LogP contribution is 2.69. The van der Waals surface area contributed by atoms with E-state index in [9.17, 15) is 9.59 Å². The monoisotopic (exact) mass is 484 g/mol. The smallest absolute Gasteiger partial charge is 0.311 e. The lowest BCUT2D eigenvalue weighted by Crippen LogP contribution is -2.46. The van der Waals surface area contributed by atoms with Crippen molar-refractivity contribution in [1.29, 1.82) is 0 Å². The molecule has 0 saturated heterocycles. The van der Waals surface area contributed by atoms with Crippen molar-refractivity contribution in [2.45, 2.75) is 84.2 Å². The van der Waals surface area contributed by atoms with Gasteiger partial charge in [-0.1, -0.05) is 13.8 Å². The Kier molecular flexibility index (Phi) is 5.75. The molecule has 8 rings (SSSR count). The van der Waals surface area contributed by atoms with Crippen LogP contribution in [0.3, 0.4) is 0 Å². The van der Waals surface area contributed by atoms with Gasteiger partial charge in [-0.25, -0.2) is 0 Å². The van der Waals surface area contributed by atoms with Crippen molar-refractivity contribution in [3.63, 3.8) is 0 Å². The minimum Gasteiger partial charge on any atom is -0.462 e. The lowest BCUT2D eigenvalue weighted by Gasteiger charge is -2.54. The van der Waals surface area contributed by atoms with E-state index in [1.54, 1.807) is 0 Å². The molecule has 0 aliphatic heterocycles. The Balaban J connectivity index is 0.914. The minimum absolute atomic E-state index is 0.0217. The summed E-state index contributed by atoms with van der Waals surface area (Å²) in [5.41, 5.74) is 0. The molecule has 5 heteroatoms. The van der Waals surface area contributed by atoms with Gasteiger partial charge in [-0.05, 0) is 129 Å². The maximum atomic E-state index is 13.1. The molecule has 5 nitrogen and oxygen atoms in total. The number of carbonyl (C=O) groups is 2. The fourth-order valence-corrected chi connectivity index (χ4v) is 11.1. The van der Waals surface area contributed by atoms with E-state index in [0.717, 1.165) is 55.5 Å². The predicted octanol–water partition coefficient (Wildman–Crippen LogP) is 5.46. The molecular weight excluding hydrogens is 440 g/mol. The first-order chi connectivity index (χ1) is 17.0. The van der Waals surface area contributed by atoms with Crippen LogP contribution in [0.4, 0.5) is 0 Å². The molecule has 8 aliphatic carbocycles. The first kappa shape index (κ1) is 23.0. The molecular formula is C30H44O5. The van der Waals surface area contributed by atoms with Gasteiger partial charge in [-0.15, -0.1) is 0 Å². The van der Waals surface area contributed by atoms with E-state index in [2.05, 4.69) is 0 Å². The number of ether oxygens (including phenoxy) is 3. The fraction of sp³-hybridized carbons (Fsp3) is 0.933. The van der Waals surface area contributed by atoms with Crippen LogP contribution in [-0.4, -0.2) is 31.4 Å². The second kappa shape index (κ2) is 8.74. The van der Waals surface area contributed by atoms with E-state index >= 15 is 0 Å². The Labute approximate surface area is 210 Å². The maximum Gasteiger partial charge on any atom is 0.311 e. The molecule has 0 aromatic carbocycles. The zero-order valence-electron chi connectivity index (χ0n) is 21.6. The lowest BCUT2D eigenvalue weighted by molar-refractivity contribution is -0.171. The Morgan fingerprint density at radius 1 is 0.800 bits per heavy atom. The van der Waals surface area contributed by atoms with Crippen molar-refractivity contribution in [1.82, 2.24) is 0 Å². The molecule has 194 valence electrons. The Morgan fingerprint density at radius 2 is 1.49 bits per heavy atom. The van der Waals surface area contributed by atoms with Gasteiger partial charge in [0.05, 0.1) is 18.4 Å². The van der Waals surface area contributed by atoms with Crippen molar-refractivity contribution in [3.8, 4) is 0 Å². The number of carbonyl (C=O) groups excluding carboxylic acids is 2. The summed E-state index contributed by atoms with van der Waals surface area (Å²) in [5.74, 6) is 7.83. The van der Waals surface area contributed by atoms with Gasteiger partial charge in [0.25, 0.3) is 0 Å². The summed E-state index contributed by atoms with van der Waals surface area (Å²) in [6.07, 6.45) is 12.4. The molecule has 0 radical (unpaired) electrons. The van der Waals surface area contributed by atoms with E-state index in [1.807, 2.05) is 13.8 Å². The third-order valence-electron chi connectivity index (χ3n) is 12.4. The van der Waals surface area contributed by atoms with Crippen LogP contribution in [0.25, 0.3) is 0 Å². The van der Waals surface area contributed by atoms with Crippen molar-refractivity contribution < 1.29 is 23.8 Å². The van der Waals surface area contributed by atoms with Gasteiger partial charge in [0.1, 0.15) is 6.10 Å². The Bertz CT molecular complexity index is 826. The molecule has 0 heterocycles. The van der Waals surface area contributed by atoms with E-state index in [4.69, 9.17) is 14.2 Å². The van der Waals surface area contributed by atoms with Crippen LogP contribution < -0.4 is 0 Å². The molecule has 0 N–H and O–H groups in total.